The lowest BCUT2D eigenvalue weighted by Crippen LogP contribution is -2.26. The van der Waals surface area contributed by atoms with E-state index in [0.29, 0.717) is 13.2 Å². The Morgan fingerprint density at radius 3 is 2.56 bits per heavy atom. The number of methoxy groups -OCH3 is 1. The summed E-state index contributed by atoms with van der Waals surface area (Å²) >= 11 is 0. The summed E-state index contributed by atoms with van der Waals surface area (Å²) in [6, 6.07) is 5.87. The second-order valence-electron chi connectivity index (χ2n) is 4.18. The Morgan fingerprint density at radius 2 is 1.94 bits per heavy atom. The van der Waals surface area contributed by atoms with Gasteiger partial charge in [0.05, 0.1) is 13.2 Å². The van der Waals surface area contributed by atoms with Crippen molar-refractivity contribution in [3.8, 4) is 5.75 Å². The van der Waals surface area contributed by atoms with Crippen LogP contribution in [-0.2, 0) is 4.74 Å². The largest absolute Gasteiger partial charge is 0.493 e. The molecule has 0 aliphatic carbocycles. The number of benzene rings is 1. The van der Waals surface area contributed by atoms with Crippen LogP contribution in [0.25, 0.3) is 0 Å². The third-order valence-corrected chi connectivity index (χ3v) is 2.70. The van der Waals surface area contributed by atoms with Crippen molar-refractivity contribution in [1.29, 1.82) is 0 Å². The minimum absolute atomic E-state index is 0.702. The number of nitrogens with two attached hydrogens (primary N) is 1. The molecule has 0 saturated carbocycles. The molecule has 0 heterocycles. The van der Waals surface area contributed by atoms with Gasteiger partial charge in [0.2, 0.25) is 0 Å². The lowest BCUT2D eigenvalue weighted by atomic mass is 10.2. The van der Waals surface area contributed by atoms with E-state index >= 15 is 0 Å². The maximum absolute atomic E-state index is 5.91. The summed E-state index contributed by atoms with van der Waals surface area (Å²) in [5.41, 5.74) is 7.73. The van der Waals surface area contributed by atoms with Crippen molar-refractivity contribution in [2.75, 3.05) is 44.0 Å². The number of rotatable bonds is 8. The van der Waals surface area contributed by atoms with Gasteiger partial charge in [-0.1, -0.05) is 6.92 Å². The van der Waals surface area contributed by atoms with Crippen molar-refractivity contribution in [3.63, 3.8) is 0 Å². The van der Waals surface area contributed by atoms with Crippen LogP contribution in [0.5, 0.6) is 5.75 Å². The molecule has 0 saturated heterocycles. The molecule has 1 rings (SSSR count). The van der Waals surface area contributed by atoms with Crippen molar-refractivity contribution in [3.05, 3.63) is 18.2 Å². The predicted molar refractivity (Wildman–Crippen MR) is 76.4 cm³/mol. The molecular formula is C14H24N2O2. The molecule has 0 aliphatic heterocycles. The highest BCUT2D eigenvalue weighted by molar-refractivity contribution is 5.60. The summed E-state index contributed by atoms with van der Waals surface area (Å²) in [5, 5.41) is 0. The molecule has 2 N–H and O–H groups in total. The highest BCUT2D eigenvalue weighted by atomic mass is 16.5. The number of hydrogen-bond acceptors (Lipinski definition) is 4. The molecule has 18 heavy (non-hydrogen) atoms. The molecule has 0 fully saturated rings. The second kappa shape index (κ2) is 7.82. The smallest absolute Gasteiger partial charge is 0.123 e. The summed E-state index contributed by atoms with van der Waals surface area (Å²) < 4.78 is 10.8. The Morgan fingerprint density at radius 1 is 1.17 bits per heavy atom. The van der Waals surface area contributed by atoms with Gasteiger partial charge in [-0.25, -0.2) is 0 Å². The number of anilines is 2. The topological polar surface area (TPSA) is 47.7 Å². The van der Waals surface area contributed by atoms with Gasteiger partial charge in [0, 0.05) is 43.7 Å². The molecule has 0 atom stereocenters. The Kier molecular flexibility index (Phi) is 6.36. The van der Waals surface area contributed by atoms with Gasteiger partial charge >= 0.3 is 0 Å². The van der Waals surface area contributed by atoms with E-state index in [4.69, 9.17) is 15.2 Å². The zero-order valence-corrected chi connectivity index (χ0v) is 11.6. The molecule has 0 unspecified atom stereocenters. The van der Waals surface area contributed by atoms with E-state index in [1.807, 2.05) is 18.2 Å². The highest BCUT2D eigenvalue weighted by Crippen LogP contribution is 2.25. The molecule has 1 aromatic rings. The molecular weight excluding hydrogens is 228 g/mol. The minimum atomic E-state index is 0.702. The van der Waals surface area contributed by atoms with E-state index in [2.05, 4.69) is 18.7 Å². The van der Waals surface area contributed by atoms with E-state index < -0.39 is 0 Å². The molecule has 0 amide bonds. The highest BCUT2D eigenvalue weighted by Gasteiger charge is 2.07. The van der Waals surface area contributed by atoms with Crippen molar-refractivity contribution >= 4 is 11.4 Å². The van der Waals surface area contributed by atoms with Gasteiger partial charge in [0.1, 0.15) is 5.75 Å². The first-order valence-corrected chi connectivity index (χ1v) is 6.48. The first kappa shape index (κ1) is 14.6. The van der Waals surface area contributed by atoms with E-state index in [1.165, 1.54) is 0 Å². The van der Waals surface area contributed by atoms with Crippen LogP contribution in [0.3, 0.4) is 0 Å². The van der Waals surface area contributed by atoms with Crippen molar-refractivity contribution in [1.82, 2.24) is 0 Å². The van der Waals surface area contributed by atoms with Gasteiger partial charge in [-0.3, -0.25) is 0 Å². The zero-order chi connectivity index (χ0) is 13.4. The van der Waals surface area contributed by atoms with Crippen LogP contribution in [0.4, 0.5) is 11.4 Å². The summed E-state index contributed by atoms with van der Waals surface area (Å²) in [7, 11) is 1.71. The lowest BCUT2D eigenvalue weighted by Gasteiger charge is -2.23. The van der Waals surface area contributed by atoms with Crippen LogP contribution < -0.4 is 15.4 Å². The molecule has 0 bridgehead atoms. The van der Waals surface area contributed by atoms with Crippen molar-refractivity contribution in [2.45, 2.75) is 20.3 Å². The Balaban J connectivity index is 2.81. The fraction of sp³-hybridized carbons (Fsp3) is 0.571. The second-order valence-corrected chi connectivity index (χ2v) is 4.18. The average molecular weight is 252 g/mol. The number of ether oxygens (including phenoxy) is 2. The summed E-state index contributed by atoms with van der Waals surface area (Å²) in [6.07, 6.45) is 0.991. The third kappa shape index (κ3) is 4.45. The maximum atomic E-state index is 5.91. The monoisotopic (exact) mass is 252 g/mol. The lowest BCUT2D eigenvalue weighted by molar-refractivity contribution is 0.205. The fourth-order valence-electron chi connectivity index (χ4n) is 1.76. The Hall–Kier alpha value is -1.42. The van der Waals surface area contributed by atoms with Crippen molar-refractivity contribution < 1.29 is 9.47 Å². The third-order valence-electron chi connectivity index (χ3n) is 2.70. The summed E-state index contributed by atoms with van der Waals surface area (Å²) in [4.78, 5) is 2.22. The van der Waals surface area contributed by atoms with E-state index in [9.17, 15) is 0 Å². The summed E-state index contributed by atoms with van der Waals surface area (Å²) in [6.45, 7) is 7.39. The molecule has 1 aromatic carbocycles. The Bertz CT molecular complexity index is 356. The van der Waals surface area contributed by atoms with Crippen LogP contribution in [-0.4, -0.2) is 33.4 Å². The molecule has 0 aromatic heterocycles. The molecule has 0 aliphatic rings. The predicted octanol–water partition coefficient (Wildman–Crippen LogP) is 2.53. The van der Waals surface area contributed by atoms with Crippen LogP contribution in [0.15, 0.2) is 18.2 Å². The Labute approximate surface area is 110 Å². The fourth-order valence-corrected chi connectivity index (χ4v) is 1.76. The first-order valence-electron chi connectivity index (χ1n) is 6.48. The van der Waals surface area contributed by atoms with Gasteiger partial charge in [-0.15, -0.1) is 0 Å². The molecule has 0 spiro atoms. The number of likely N-dealkylation sites (N-methyl/N-ethyl adjacent to an activating group) is 1. The molecule has 0 radical (unpaired) electrons. The SMILES string of the molecule is CCCOc1cc(N)cc(N(CC)CCOC)c1. The minimum Gasteiger partial charge on any atom is -0.493 e. The van der Waals surface area contributed by atoms with Gasteiger partial charge in [0.25, 0.3) is 0 Å². The molecule has 4 nitrogen and oxygen atoms in total. The van der Waals surface area contributed by atoms with Crippen molar-refractivity contribution in [2.24, 2.45) is 0 Å². The average Bonchev–Trinajstić information content (AvgIpc) is 2.37. The van der Waals surface area contributed by atoms with E-state index in [0.717, 1.165) is 36.6 Å². The standard InChI is InChI=1S/C14H24N2O2/c1-4-7-18-14-10-12(15)9-13(11-14)16(5-2)6-8-17-3/h9-11H,4-8,15H2,1-3H3. The van der Waals surface area contributed by atoms with E-state index in [1.54, 1.807) is 7.11 Å². The van der Waals surface area contributed by atoms with Gasteiger partial charge in [-0.05, 0) is 19.4 Å². The maximum Gasteiger partial charge on any atom is 0.123 e. The van der Waals surface area contributed by atoms with Crippen LogP contribution in [0.2, 0.25) is 0 Å². The van der Waals surface area contributed by atoms with Crippen LogP contribution in [0.1, 0.15) is 20.3 Å². The van der Waals surface area contributed by atoms with Gasteiger partial charge < -0.3 is 20.1 Å². The number of nitrogen functional groups attached to an aromatic ring is 1. The van der Waals surface area contributed by atoms with Crippen LogP contribution in [0, 0.1) is 0 Å². The quantitative estimate of drug-likeness (QED) is 0.722. The first-order chi connectivity index (χ1) is 8.71. The van der Waals surface area contributed by atoms with E-state index in [-0.39, 0.29) is 0 Å². The summed E-state index contributed by atoms with van der Waals surface area (Å²) in [5.74, 6) is 0.836. The van der Waals surface area contributed by atoms with Gasteiger partial charge in [0.15, 0.2) is 0 Å². The number of nitrogens with zero attached hydrogens (tertiary/aromatic N) is 1. The number of hydrogen-bond donors (Lipinski definition) is 1. The van der Waals surface area contributed by atoms with Crippen LogP contribution >= 0.6 is 0 Å². The zero-order valence-electron chi connectivity index (χ0n) is 11.6. The molecule has 4 heteroatoms. The van der Waals surface area contributed by atoms with Gasteiger partial charge in [-0.2, -0.15) is 0 Å². The normalized spacial score (nSPS) is 10.4. The molecule has 102 valence electrons.